The summed E-state index contributed by atoms with van der Waals surface area (Å²) >= 11 is 0. The van der Waals surface area contributed by atoms with Gasteiger partial charge in [-0.05, 0) is 43.7 Å². The van der Waals surface area contributed by atoms with Crippen LogP contribution < -0.4 is 0 Å². The van der Waals surface area contributed by atoms with E-state index in [0.29, 0.717) is 17.8 Å². The topological polar surface area (TPSA) is 44.1 Å². The Hall–Kier alpha value is -2.31. The van der Waals surface area contributed by atoms with Crippen LogP contribution >= 0.6 is 0 Å². The van der Waals surface area contributed by atoms with Gasteiger partial charge in [-0.25, -0.2) is 9.48 Å². The third-order valence-electron chi connectivity index (χ3n) is 3.19. The van der Waals surface area contributed by atoms with Crippen molar-refractivity contribution in [2.75, 3.05) is 6.61 Å². The van der Waals surface area contributed by atoms with Crippen molar-refractivity contribution in [1.29, 1.82) is 0 Å². The fourth-order valence-corrected chi connectivity index (χ4v) is 2.15. The molecule has 2 rings (SSSR count). The Morgan fingerprint density at radius 2 is 1.87 bits per heavy atom. The van der Waals surface area contributed by atoms with E-state index in [4.69, 9.17) is 4.74 Å². The average Bonchev–Trinajstić information content (AvgIpc) is 2.91. The summed E-state index contributed by atoms with van der Waals surface area (Å²) in [5, 5.41) is 4.30. The molecule has 1 aromatic heterocycles. The number of aromatic nitrogens is 2. The lowest BCUT2D eigenvalue weighted by molar-refractivity contribution is -0.137. The van der Waals surface area contributed by atoms with Gasteiger partial charge in [-0.15, -0.1) is 0 Å². The number of benzene rings is 1. The molecule has 124 valence electrons. The van der Waals surface area contributed by atoms with E-state index in [2.05, 4.69) is 5.10 Å². The van der Waals surface area contributed by atoms with Crippen molar-refractivity contribution in [1.82, 2.24) is 9.78 Å². The molecular formula is C16H17F3N2O2. The lowest BCUT2D eigenvalue weighted by Gasteiger charge is -2.09. The van der Waals surface area contributed by atoms with Gasteiger partial charge in [0.05, 0.1) is 23.6 Å². The molecule has 0 spiro atoms. The molecule has 23 heavy (non-hydrogen) atoms. The number of carbonyl (C=O) groups is 1. The van der Waals surface area contributed by atoms with Crippen LogP contribution in [0.15, 0.2) is 30.3 Å². The van der Waals surface area contributed by atoms with Crippen molar-refractivity contribution >= 4 is 5.97 Å². The molecule has 0 atom stereocenters. The quantitative estimate of drug-likeness (QED) is 0.780. The number of esters is 1. The SMILES string of the molecule is CCCc1cc(C(=O)OCC)n(-c2ccc(C(F)(F)F)cc2)n1. The predicted octanol–water partition coefficient (Wildman–Crippen LogP) is 4.02. The van der Waals surface area contributed by atoms with Crippen molar-refractivity contribution < 1.29 is 22.7 Å². The van der Waals surface area contributed by atoms with E-state index in [0.717, 1.165) is 18.6 Å². The number of halogens is 3. The maximum atomic E-state index is 12.6. The van der Waals surface area contributed by atoms with Gasteiger partial charge < -0.3 is 4.74 Å². The number of rotatable bonds is 5. The minimum Gasteiger partial charge on any atom is -0.461 e. The van der Waals surface area contributed by atoms with Gasteiger partial charge in [-0.1, -0.05) is 13.3 Å². The van der Waals surface area contributed by atoms with Gasteiger partial charge in [0.1, 0.15) is 0 Å². The summed E-state index contributed by atoms with van der Waals surface area (Å²) in [6.07, 6.45) is -2.90. The lowest BCUT2D eigenvalue weighted by atomic mass is 10.2. The Morgan fingerprint density at radius 3 is 2.39 bits per heavy atom. The molecule has 0 N–H and O–H groups in total. The van der Waals surface area contributed by atoms with Crippen LogP contribution in [0.25, 0.3) is 5.69 Å². The van der Waals surface area contributed by atoms with Gasteiger partial charge in [0.25, 0.3) is 0 Å². The third-order valence-corrected chi connectivity index (χ3v) is 3.19. The maximum absolute atomic E-state index is 12.6. The second kappa shape index (κ2) is 6.85. The largest absolute Gasteiger partial charge is 0.461 e. The van der Waals surface area contributed by atoms with E-state index in [1.54, 1.807) is 13.0 Å². The first-order valence-electron chi connectivity index (χ1n) is 7.30. The zero-order valence-corrected chi connectivity index (χ0v) is 12.9. The molecular weight excluding hydrogens is 309 g/mol. The van der Waals surface area contributed by atoms with Crippen molar-refractivity contribution in [3.8, 4) is 5.69 Å². The fourth-order valence-electron chi connectivity index (χ4n) is 2.15. The predicted molar refractivity (Wildman–Crippen MR) is 78.5 cm³/mol. The van der Waals surface area contributed by atoms with Crippen LogP contribution in [0.4, 0.5) is 13.2 Å². The highest BCUT2D eigenvalue weighted by atomic mass is 19.4. The molecule has 0 saturated heterocycles. The Balaban J connectivity index is 2.42. The van der Waals surface area contributed by atoms with Gasteiger partial charge >= 0.3 is 12.1 Å². The second-order valence-electron chi connectivity index (χ2n) is 4.95. The first kappa shape index (κ1) is 17.1. The van der Waals surface area contributed by atoms with E-state index < -0.39 is 17.7 Å². The molecule has 0 radical (unpaired) electrons. The molecule has 0 aliphatic rings. The Labute approximate surface area is 131 Å². The van der Waals surface area contributed by atoms with Gasteiger partial charge in [-0.2, -0.15) is 18.3 Å². The fraction of sp³-hybridized carbons (Fsp3) is 0.375. The molecule has 1 aromatic carbocycles. The van der Waals surface area contributed by atoms with Crippen LogP contribution in [0.1, 0.15) is 42.0 Å². The smallest absolute Gasteiger partial charge is 0.416 e. The van der Waals surface area contributed by atoms with Crippen molar-refractivity contribution in [2.24, 2.45) is 0 Å². The Morgan fingerprint density at radius 1 is 1.22 bits per heavy atom. The van der Waals surface area contributed by atoms with E-state index in [-0.39, 0.29) is 12.3 Å². The van der Waals surface area contributed by atoms with Crippen LogP contribution in [-0.2, 0) is 17.3 Å². The standard InChI is InChI=1S/C16H17F3N2O2/c1-3-5-12-10-14(15(22)23-4-2)21(20-12)13-8-6-11(7-9-13)16(17,18)19/h6-10H,3-5H2,1-2H3. The summed E-state index contributed by atoms with van der Waals surface area (Å²) in [6.45, 7) is 3.87. The number of ether oxygens (including phenoxy) is 1. The molecule has 0 aliphatic heterocycles. The molecule has 1 heterocycles. The van der Waals surface area contributed by atoms with E-state index >= 15 is 0 Å². The summed E-state index contributed by atoms with van der Waals surface area (Å²) in [5.74, 6) is -0.553. The number of hydrogen-bond acceptors (Lipinski definition) is 3. The first-order chi connectivity index (χ1) is 10.9. The molecule has 0 unspecified atom stereocenters. The highest BCUT2D eigenvalue weighted by Gasteiger charge is 2.30. The molecule has 2 aromatic rings. The number of hydrogen-bond donors (Lipinski definition) is 0. The minimum atomic E-state index is -4.40. The number of carbonyl (C=O) groups excluding carboxylic acids is 1. The first-order valence-corrected chi connectivity index (χ1v) is 7.30. The third kappa shape index (κ3) is 3.91. The lowest BCUT2D eigenvalue weighted by Crippen LogP contribution is -2.12. The van der Waals surface area contributed by atoms with Crippen LogP contribution in [0.2, 0.25) is 0 Å². The van der Waals surface area contributed by atoms with Gasteiger partial charge in [0, 0.05) is 0 Å². The summed E-state index contributed by atoms with van der Waals surface area (Å²) in [4.78, 5) is 12.0. The van der Waals surface area contributed by atoms with Gasteiger partial charge in [0.2, 0.25) is 0 Å². The Kier molecular flexibility index (Phi) is 5.08. The summed E-state index contributed by atoms with van der Waals surface area (Å²) < 4.78 is 44.2. The van der Waals surface area contributed by atoms with Crippen molar-refractivity contribution in [2.45, 2.75) is 32.9 Å². The number of nitrogens with zero attached hydrogens (tertiary/aromatic N) is 2. The van der Waals surface area contributed by atoms with Crippen molar-refractivity contribution in [3.05, 3.63) is 47.3 Å². The molecule has 0 saturated carbocycles. The summed E-state index contributed by atoms with van der Waals surface area (Å²) in [5.41, 5.74) is 0.522. The van der Waals surface area contributed by atoms with Gasteiger partial charge in [0.15, 0.2) is 5.69 Å². The molecule has 0 bridgehead atoms. The summed E-state index contributed by atoms with van der Waals surface area (Å²) in [7, 11) is 0. The van der Waals surface area contributed by atoms with Crippen LogP contribution in [0.5, 0.6) is 0 Å². The highest BCUT2D eigenvalue weighted by Crippen LogP contribution is 2.29. The number of alkyl halides is 3. The van der Waals surface area contributed by atoms with Crippen molar-refractivity contribution in [3.63, 3.8) is 0 Å². The average molecular weight is 326 g/mol. The van der Waals surface area contributed by atoms with E-state index in [9.17, 15) is 18.0 Å². The van der Waals surface area contributed by atoms with Crippen LogP contribution in [0.3, 0.4) is 0 Å². The van der Waals surface area contributed by atoms with E-state index in [1.807, 2.05) is 6.92 Å². The molecule has 0 fully saturated rings. The van der Waals surface area contributed by atoms with Crippen LogP contribution in [-0.4, -0.2) is 22.4 Å². The molecule has 0 amide bonds. The normalized spacial score (nSPS) is 11.5. The van der Waals surface area contributed by atoms with Gasteiger partial charge in [-0.3, -0.25) is 0 Å². The molecule has 0 aliphatic carbocycles. The second-order valence-corrected chi connectivity index (χ2v) is 4.95. The maximum Gasteiger partial charge on any atom is 0.416 e. The number of aryl methyl sites for hydroxylation is 1. The molecule has 7 heteroatoms. The monoisotopic (exact) mass is 326 g/mol. The minimum absolute atomic E-state index is 0.204. The molecule has 4 nitrogen and oxygen atoms in total. The zero-order chi connectivity index (χ0) is 17.0. The van der Waals surface area contributed by atoms with Crippen LogP contribution in [0, 0.1) is 0 Å². The summed E-state index contributed by atoms with van der Waals surface area (Å²) in [6, 6.07) is 6.11. The Bertz CT molecular complexity index is 676. The highest BCUT2D eigenvalue weighted by molar-refractivity contribution is 5.88. The zero-order valence-electron chi connectivity index (χ0n) is 12.9. The van der Waals surface area contributed by atoms with E-state index in [1.165, 1.54) is 16.8 Å².